The van der Waals surface area contributed by atoms with Crippen LogP contribution in [0.15, 0.2) is 29.2 Å². The first kappa shape index (κ1) is 12.5. The highest BCUT2D eigenvalue weighted by atomic mass is 32.2. The molecule has 86 valence electrons. The van der Waals surface area contributed by atoms with Gasteiger partial charge in [-0.15, -0.1) is 0 Å². The molecule has 0 spiro atoms. The Morgan fingerprint density at radius 2 is 1.81 bits per heavy atom. The molecule has 0 radical (unpaired) electrons. The van der Waals surface area contributed by atoms with Crippen LogP contribution in [0.25, 0.3) is 0 Å². The molecule has 0 bridgehead atoms. The first-order chi connectivity index (χ1) is 7.54. The molecule has 0 fully saturated rings. The SMILES string of the molecule is O=S(=O)(O)c1ccc(OCC#CCO)cc1. The summed E-state index contributed by atoms with van der Waals surface area (Å²) >= 11 is 0. The molecule has 2 N–H and O–H groups in total. The van der Waals surface area contributed by atoms with Gasteiger partial charge in [0.1, 0.15) is 19.0 Å². The maximum atomic E-state index is 10.7. The predicted octanol–water partition coefficient (Wildman–Crippen LogP) is 0.308. The summed E-state index contributed by atoms with van der Waals surface area (Å²) in [7, 11) is -4.17. The Bertz CT molecular complexity index is 492. The van der Waals surface area contributed by atoms with Crippen molar-refractivity contribution in [2.75, 3.05) is 13.2 Å². The van der Waals surface area contributed by atoms with Crippen molar-refractivity contribution in [3.05, 3.63) is 24.3 Å². The van der Waals surface area contributed by atoms with E-state index in [1.54, 1.807) is 0 Å². The number of ether oxygens (including phenoxy) is 1. The number of hydrogen-bond acceptors (Lipinski definition) is 4. The summed E-state index contributed by atoms with van der Waals surface area (Å²) in [5.74, 6) is 5.37. The second-order valence-electron chi connectivity index (χ2n) is 2.75. The fraction of sp³-hybridized carbons (Fsp3) is 0.200. The van der Waals surface area contributed by atoms with E-state index >= 15 is 0 Å². The number of aliphatic hydroxyl groups excluding tert-OH is 1. The minimum absolute atomic E-state index is 0.103. The highest BCUT2D eigenvalue weighted by molar-refractivity contribution is 7.85. The Morgan fingerprint density at radius 3 is 2.31 bits per heavy atom. The van der Waals surface area contributed by atoms with E-state index < -0.39 is 10.1 Å². The van der Waals surface area contributed by atoms with Gasteiger partial charge in [0.05, 0.1) is 4.90 Å². The normalized spacial score (nSPS) is 10.4. The zero-order valence-electron chi connectivity index (χ0n) is 8.25. The van der Waals surface area contributed by atoms with Crippen LogP contribution in [0.4, 0.5) is 0 Å². The lowest BCUT2D eigenvalue weighted by Gasteiger charge is -2.02. The van der Waals surface area contributed by atoms with Crippen molar-refractivity contribution in [2.24, 2.45) is 0 Å². The molecule has 1 rings (SSSR count). The quantitative estimate of drug-likeness (QED) is 0.588. The van der Waals surface area contributed by atoms with E-state index in [0.717, 1.165) is 0 Å². The summed E-state index contributed by atoms with van der Waals surface area (Å²) < 4.78 is 35.2. The average Bonchev–Trinajstić information content (AvgIpc) is 2.24. The molecule has 0 saturated heterocycles. The van der Waals surface area contributed by atoms with E-state index in [1.165, 1.54) is 24.3 Å². The van der Waals surface area contributed by atoms with E-state index in [4.69, 9.17) is 14.4 Å². The van der Waals surface area contributed by atoms with Gasteiger partial charge in [-0.05, 0) is 24.3 Å². The van der Waals surface area contributed by atoms with E-state index in [0.29, 0.717) is 5.75 Å². The van der Waals surface area contributed by atoms with Gasteiger partial charge >= 0.3 is 0 Å². The summed E-state index contributed by atoms with van der Waals surface area (Å²) in [6.07, 6.45) is 0. The monoisotopic (exact) mass is 242 g/mol. The van der Waals surface area contributed by atoms with E-state index in [9.17, 15) is 8.42 Å². The Balaban J connectivity index is 2.66. The standard InChI is InChI=1S/C10H10O5S/c11-7-1-2-8-15-9-3-5-10(6-4-9)16(12,13)14/h3-6,11H,7-8H2,(H,12,13,14). The Labute approximate surface area is 93.4 Å². The molecular weight excluding hydrogens is 232 g/mol. The molecule has 0 aliphatic rings. The third kappa shape index (κ3) is 3.90. The summed E-state index contributed by atoms with van der Waals surface area (Å²) in [4.78, 5) is -0.193. The first-order valence-electron chi connectivity index (χ1n) is 4.31. The van der Waals surface area contributed by atoms with Crippen LogP contribution >= 0.6 is 0 Å². The van der Waals surface area contributed by atoms with Gasteiger partial charge in [0, 0.05) is 0 Å². The van der Waals surface area contributed by atoms with E-state index in [-0.39, 0.29) is 18.1 Å². The smallest absolute Gasteiger partial charge is 0.294 e. The number of hydrogen-bond donors (Lipinski definition) is 2. The lowest BCUT2D eigenvalue weighted by Crippen LogP contribution is -1.98. The summed E-state index contributed by atoms with van der Waals surface area (Å²) in [5, 5.41) is 8.37. The van der Waals surface area contributed by atoms with E-state index in [2.05, 4.69) is 11.8 Å². The van der Waals surface area contributed by atoms with Crippen molar-refractivity contribution < 1.29 is 22.8 Å². The van der Waals surface area contributed by atoms with Gasteiger partial charge in [-0.3, -0.25) is 4.55 Å². The Hall–Kier alpha value is -1.55. The number of benzene rings is 1. The molecule has 0 unspecified atom stereocenters. The number of aliphatic hydroxyl groups is 1. The molecule has 6 heteroatoms. The largest absolute Gasteiger partial charge is 0.481 e. The van der Waals surface area contributed by atoms with Gasteiger partial charge in [-0.2, -0.15) is 8.42 Å². The average molecular weight is 242 g/mol. The van der Waals surface area contributed by atoms with Crippen LogP contribution < -0.4 is 4.74 Å². The second-order valence-corrected chi connectivity index (χ2v) is 4.17. The Morgan fingerprint density at radius 1 is 1.19 bits per heavy atom. The molecule has 0 aromatic heterocycles. The minimum Gasteiger partial charge on any atom is -0.481 e. The highest BCUT2D eigenvalue weighted by Gasteiger charge is 2.08. The maximum absolute atomic E-state index is 10.7. The van der Waals surface area contributed by atoms with Crippen LogP contribution in [0.2, 0.25) is 0 Å². The van der Waals surface area contributed by atoms with Crippen molar-refractivity contribution in [1.29, 1.82) is 0 Å². The van der Waals surface area contributed by atoms with Gasteiger partial charge in [-0.1, -0.05) is 11.8 Å². The van der Waals surface area contributed by atoms with Gasteiger partial charge in [0.25, 0.3) is 10.1 Å². The third-order valence-electron chi connectivity index (χ3n) is 1.64. The van der Waals surface area contributed by atoms with Crippen molar-refractivity contribution in [1.82, 2.24) is 0 Å². The molecule has 1 aromatic rings. The molecule has 0 atom stereocenters. The second kappa shape index (κ2) is 5.51. The summed E-state index contributed by atoms with van der Waals surface area (Å²) in [5.41, 5.74) is 0. The van der Waals surface area contributed by atoms with Gasteiger partial charge < -0.3 is 9.84 Å². The minimum atomic E-state index is -4.17. The summed E-state index contributed by atoms with van der Waals surface area (Å²) in [6, 6.07) is 5.27. The van der Waals surface area contributed by atoms with Gasteiger partial charge in [0.15, 0.2) is 0 Å². The van der Waals surface area contributed by atoms with Crippen LogP contribution in [0.5, 0.6) is 5.75 Å². The molecule has 0 aliphatic heterocycles. The highest BCUT2D eigenvalue weighted by Crippen LogP contribution is 2.15. The molecular formula is C10H10O5S. The Kier molecular flexibility index (Phi) is 4.31. The predicted molar refractivity (Wildman–Crippen MR) is 56.6 cm³/mol. The van der Waals surface area contributed by atoms with Crippen molar-refractivity contribution in [3.8, 4) is 17.6 Å². The van der Waals surface area contributed by atoms with Crippen LogP contribution in [0.1, 0.15) is 0 Å². The van der Waals surface area contributed by atoms with Crippen LogP contribution in [0, 0.1) is 11.8 Å². The van der Waals surface area contributed by atoms with E-state index in [1.807, 2.05) is 0 Å². The lowest BCUT2D eigenvalue weighted by atomic mass is 10.3. The zero-order valence-corrected chi connectivity index (χ0v) is 9.07. The van der Waals surface area contributed by atoms with Gasteiger partial charge in [-0.25, -0.2) is 0 Å². The summed E-state index contributed by atoms with van der Waals surface area (Å²) in [6.45, 7) is -0.128. The topological polar surface area (TPSA) is 83.8 Å². The van der Waals surface area contributed by atoms with Crippen molar-refractivity contribution in [2.45, 2.75) is 4.90 Å². The van der Waals surface area contributed by atoms with Crippen molar-refractivity contribution >= 4 is 10.1 Å². The molecule has 0 amide bonds. The number of rotatable bonds is 3. The van der Waals surface area contributed by atoms with Crippen LogP contribution in [0.3, 0.4) is 0 Å². The maximum Gasteiger partial charge on any atom is 0.294 e. The molecule has 16 heavy (non-hydrogen) atoms. The molecule has 1 aromatic carbocycles. The molecule has 5 nitrogen and oxygen atoms in total. The van der Waals surface area contributed by atoms with Crippen LogP contribution in [-0.2, 0) is 10.1 Å². The fourth-order valence-electron chi connectivity index (χ4n) is 0.934. The molecule has 0 aliphatic carbocycles. The first-order valence-corrected chi connectivity index (χ1v) is 5.75. The van der Waals surface area contributed by atoms with Gasteiger partial charge in [0.2, 0.25) is 0 Å². The zero-order chi connectivity index (χ0) is 12.0. The molecule has 0 saturated carbocycles. The third-order valence-corrected chi connectivity index (χ3v) is 2.50. The molecule has 0 heterocycles. The lowest BCUT2D eigenvalue weighted by molar-refractivity contribution is 0.347. The fourth-order valence-corrected chi connectivity index (χ4v) is 1.41. The van der Waals surface area contributed by atoms with Crippen molar-refractivity contribution in [3.63, 3.8) is 0 Å². The van der Waals surface area contributed by atoms with Crippen LogP contribution in [-0.4, -0.2) is 31.3 Å².